The molecule has 0 saturated heterocycles. The molecule has 0 atom stereocenters. The van der Waals surface area contributed by atoms with E-state index in [1.54, 1.807) is 21.3 Å². The molecule has 0 bridgehead atoms. The van der Waals surface area contributed by atoms with E-state index in [-0.39, 0.29) is 18.9 Å². The molecule has 1 heterocycles. The van der Waals surface area contributed by atoms with Crippen molar-refractivity contribution in [2.75, 3.05) is 33.2 Å². The van der Waals surface area contributed by atoms with E-state index in [0.717, 1.165) is 27.9 Å². The van der Waals surface area contributed by atoms with Crippen molar-refractivity contribution in [3.63, 3.8) is 0 Å². The molecule has 0 fully saturated rings. The zero-order chi connectivity index (χ0) is 21.7. The minimum atomic E-state index is -0.160. The predicted molar refractivity (Wildman–Crippen MR) is 120 cm³/mol. The summed E-state index contributed by atoms with van der Waals surface area (Å²) in [5, 5.41) is 4.85. The highest BCUT2D eigenvalue weighted by Crippen LogP contribution is 2.40. The van der Waals surface area contributed by atoms with Crippen LogP contribution in [0.5, 0.6) is 17.2 Å². The third kappa shape index (κ3) is 4.39. The zero-order valence-electron chi connectivity index (χ0n) is 17.4. The van der Waals surface area contributed by atoms with Crippen LogP contribution in [0, 0.1) is 6.92 Å². The molecule has 158 valence electrons. The number of benzene rings is 2. The van der Waals surface area contributed by atoms with Gasteiger partial charge in [-0.3, -0.25) is 4.79 Å². The van der Waals surface area contributed by atoms with Gasteiger partial charge in [-0.1, -0.05) is 6.07 Å². The number of nitrogens with two attached hydrogens (primary N) is 1. The number of amides is 1. The number of anilines is 1. The van der Waals surface area contributed by atoms with Crippen LogP contribution in [-0.4, -0.2) is 38.2 Å². The molecule has 8 heteroatoms. The van der Waals surface area contributed by atoms with Gasteiger partial charge in [-0.25, -0.2) is 0 Å². The minimum Gasteiger partial charge on any atom is -0.495 e. The summed E-state index contributed by atoms with van der Waals surface area (Å²) < 4.78 is 20.9. The Kier molecular flexibility index (Phi) is 6.91. The van der Waals surface area contributed by atoms with Crippen LogP contribution in [-0.2, 0) is 4.79 Å². The lowest BCUT2D eigenvalue weighted by Crippen LogP contribution is -2.16. The molecule has 7 nitrogen and oxygen atoms in total. The molecule has 0 aliphatic carbocycles. The Hall–Kier alpha value is -3.10. The van der Waals surface area contributed by atoms with Crippen LogP contribution in [0.2, 0.25) is 0 Å². The van der Waals surface area contributed by atoms with E-state index >= 15 is 0 Å². The Balaban J connectivity index is 2.05. The standard InChI is InChI=1S/C22H25N3O4S/c1-13-9-15(11-19(28-3)22(13)29-4)21-16(12-30-25-21)14-5-6-18(27-2)17(10-14)24-20(26)7-8-23/h5-6,9-12H,7-8,23H2,1-4H3,(H,24,26). The van der Waals surface area contributed by atoms with Crippen LogP contribution in [0.25, 0.3) is 22.4 Å². The van der Waals surface area contributed by atoms with E-state index in [1.165, 1.54) is 11.5 Å². The molecular formula is C22H25N3O4S. The molecule has 0 saturated carbocycles. The molecule has 3 N–H and O–H groups in total. The van der Waals surface area contributed by atoms with Crippen molar-refractivity contribution in [3.05, 3.63) is 41.3 Å². The van der Waals surface area contributed by atoms with Crippen molar-refractivity contribution in [1.29, 1.82) is 0 Å². The highest BCUT2D eigenvalue weighted by Gasteiger charge is 2.17. The number of aryl methyl sites for hydroxylation is 1. The van der Waals surface area contributed by atoms with Crippen molar-refractivity contribution in [2.24, 2.45) is 5.73 Å². The summed E-state index contributed by atoms with van der Waals surface area (Å²) >= 11 is 1.37. The Bertz CT molecular complexity index is 1050. The van der Waals surface area contributed by atoms with E-state index in [1.807, 2.05) is 42.6 Å². The topological polar surface area (TPSA) is 95.7 Å². The molecule has 3 rings (SSSR count). The molecule has 3 aromatic rings. The van der Waals surface area contributed by atoms with E-state index < -0.39 is 0 Å². The monoisotopic (exact) mass is 427 g/mol. The van der Waals surface area contributed by atoms with Gasteiger partial charge in [0.1, 0.15) is 5.75 Å². The molecule has 0 aliphatic heterocycles. The van der Waals surface area contributed by atoms with Crippen molar-refractivity contribution >= 4 is 23.1 Å². The van der Waals surface area contributed by atoms with Gasteiger partial charge in [-0.2, -0.15) is 4.37 Å². The first kappa shape index (κ1) is 21.6. The summed E-state index contributed by atoms with van der Waals surface area (Å²) in [6.45, 7) is 2.25. The molecule has 30 heavy (non-hydrogen) atoms. The summed E-state index contributed by atoms with van der Waals surface area (Å²) in [7, 11) is 4.80. The van der Waals surface area contributed by atoms with Crippen LogP contribution < -0.4 is 25.3 Å². The van der Waals surface area contributed by atoms with Crippen LogP contribution in [0.1, 0.15) is 12.0 Å². The lowest BCUT2D eigenvalue weighted by Gasteiger charge is -2.14. The number of hydrogen-bond acceptors (Lipinski definition) is 7. The van der Waals surface area contributed by atoms with Gasteiger partial charge in [-0.05, 0) is 53.8 Å². The molecule has 1 amide bonds. The fraction of sp³-hybridized carbons (Fsp3) is 0.273. The molecular weight excluding hydrogens is 402 g/mol. The third-order valence-corrected chi connectivity index (χ3v) is 5.29. The lowest BCUT2D eigenvalue weighted by molar-refractivity contribution is -0.116. The smallest absolute Gasteiger partial charge is 0.225 e. The number of hydrogen-bond donors (Lipinski definition) is 2. The van der Waals surface area contributed by atoms with Crippen molar-refractivity contribution in [1.82, 2.24) is 4.37 Å². The Morgan fingerprint density at radius 3 is 2.50 bits per heavy atom. The number of rotatable bonds is 8. The van der Waals surface area contributed by atoms with Gasteiger partial charge < -0.3 is 25.3 Å². The number of aromatic nitrogens is 1. The van der Waals surface area contributed by atoms with Crippen molar-refractivity contribution in [3.8, 4) is 39.6 Å². The van der Waals surface area contributed by atoms with E-state index in [9.17, 15) is 4.79 Å². The summed E-state index contributed by atoms with van der Waals surface area (Å²) in [5.74, 6) is 1.77. The maximum absolute atomic E-state index is 12.1. The first-order valence-electron chi connectivity index (χ1n) is 9.38. The molecule has 0 aliphatic rings. The van der Waals surface area contributed by atoms with Crippen LogP contribution in [0.3, 0.4) is 0 Å². The predicted octanol–water partition coefficient (Wildman–Crippen LogP) is 4.10. The van der Waals surface area contributed by atoms with Crippen molar-refractivity contribution in [2.45, 2.75) is 13.3 Å². The molecule has 0 radical (unpaired) electrons. The van der Waals surface area contributed by atoms with Crippen LogP contribution in [0.4, 0.5) is 5.69 Å². The first-order valence-corrected chi connectivity index (χ1v) is 10.2. The second-order valence-corrected chi connectivity index (χ2v) is 7.24. The Morgan fingerprint density at radius 1 is 1.07 bits per heavy atom. The van der Waals surface area contributed by atoms with Gasteiger partial charge in [0.2, 0.25) is 5.91 Å². The molecule has 0 spiro atoms. The third-order valence-electron chi connectivity index (χ3n) is 4.66. The van der Waals surface area contributed by atoms with E-state index in [0.29, 0.717) is 22.9 Å². The van der Waals surface area contributed by atoms with Gasteiger partial charge in [0, 0.05) is 29.5 Å². The largest absolute Gasteiger partial charge is 0.495 e. The first-order chi connectivity index (χ1) is 14.5. The summed E-state index contributed by atoms with van der Waals surface area (Å²) in [6, 6.07) is 9.59. The van der Waals surface area contributed by atoms with Gasteiger partial charge in [0.05, 0.1) is 32.7 Å². The average Bonchev–Trinajstić information content (AvgIpc) is 3.23. The SMILES string of the molecule is COc1ccc(-c2csnc2-c2cc(C)c(OC)c(OC)c2)cc1NC(=O)CCN. The molecule has 0 unspecified atom stereocenters. The van der Waals surface area contributed by atoms with Gasteiger partial charge >= 0.3 is 0 Å². The number of ether oxygens (including phenoxy) is 3. The number of nitrogens with zero attached hydrogens (tertiary/aromatic N) is 1. The average molecular weight is 428 g/mol. The fourth-order valence-electron chi connectivity index (χ4n) is 3.26. The lowest BCUT2D eigenvalue weighted by atomic mass is 9.99. The van der Waals surface area contributed by atoms with Gasteiger partial charge in [0.25, 0.3) is 0 Å². The number of methoxy groups -OCH3 is 3. The quantitative estimate of drug-likeness (QED) is 0.562. The Labute approximate surface area is 179 Å². The second-order valence-electron chi connectivity index (χ2n) is 6.61. The number of carbonyl (C=O) groups excluding carboxylic acids is 1. The van der Waals surface area contributed by atoms with E-state index in [4.69, 9.17) is 19.9 Å². The fourth-order valence-corrected chi connectivity index (χ4v) is 3.97. The zero-order valence-corrected chi connectivity index (χ0v) is 18.3. The van der Waals surface area contributed by atoms with Crippen LogP contribution >= 0.6 is 11.5 Å². The summed E-state index contributed by atoms with van der Waals surface area (Å²) in [6.07, 6.45) is 0.240. The summed E-state index contributed by atoms with van der Waals surface area (Å²) in [4.78, 5) is 12.1. The van der Waals surface area contributed by atoms with E-state index in [2.05, 4.69) is 9.69 Å². The maximum atomic E-state index is 12.1. The normalized spacial score (nSPS) is 10.6. The van der Waals surface area contributed by atoms with Crippen LogP contribution in [0.15, 0.2) is 35.7 Å². The summed E-state index contributed by atoms with van der Waals surface area (Å²) in [5.41, 5.74) is 10.6. The highest BCUT2D eigenvalue weighted by molar-refractivity contribution is 7.04. The Morgan fingerprint density at radius 2 is 1.83 bits per heavy atom. The number of carbonyl (C=O) groups is 1. The minimum absolute atomic E-state index is 0.160. The second kappa shape index (κ2) is 9.60. The maximum Gasteiger partial charge on any atom is 0.225 e. The number of nitrogens with one attached hydrogen (secondary N) is 1. The molecule has 1 aromatic heterocycles. The molecule has 2 aromatic carbocycles. The van der Waals surface area contributed by atoms with Gasteiger partial charge in [-0.15, -0.1) is 0 Å². The van der Waals surface area contributed by atoms with Gasteiger partial charge in [0.15, 0.2) is 11.5 Å². The van der Waals surface area contributed by atoms with Crippen molar-refractivity contribution < 1.29 is 19.0 Å². The highest BCUT2D eigenvalue weighted by atomic mass is 32.1.